The molecule has 1 atom stereocenters. The van der Waals surface area contributed by atoms with Crippen molar-refractivity contribution in [3.05, 3.63) is 29.3 Å². The molecule has 1 aliphatic carbocycles. The van der Waals surface area contributed by atoms with E-state index in [9.17, 15) is 19.2 Å². The minimum atomic E-state index is -0.623. The Morgan fingerprint density at radius 1 is 1.12 bits per heavy atom. The number of carbonyl (C=O) groups is 4. The lowest BCUT2D eigenvalue weighted by atomic mass is 9.87. The van der Waals surface area contributed by atoms with E-state index in [0.29, 0.717) is 18.5 Å². The number of benzene rings is 1. The zero-order valence-electron chi connectivity index (χ0n) is 20.3. The third-order valence-electron chi connectivity index (χ3n) is 7.10. The van der Waals surface area contributed by atoms with Crippen LogP contribution < -0.4 is 10.6 Å². The molecule has 2 fully saturated rings. The molecule has 0 spiro atoms. The molecule has 4 rings (SSSR count). The summed E-state index contributed by atoms with van der Waals surface area (Å²) in [6.07, 6.45) is 3.80. The zero-order valence-corrected chi connectivity index (χ0v) is 20.3. The normalized spacial score (nSPS) is 25.0. The summed E-state index contributed by atoms with van der Waals surface area (Å²) in [5.74, 6) is -0.865. The van der Waals surface area contributed by atoms with Gasteiger partial charge in [0.25, 0.3) is 5.91 Å². The van der Waals surface area contributed by atoms with Gasteiger partial charge >= 0.3 is 6.09 Å². The van der Waals surface area contributed by atoms with E-state index in [1.165, 1.54) is 7.11 Å². The third-order valence-corrected chi connectivity index (χ3v) is 7.10. The summed E-state index contributed by atoms with van der Waals surface area (Å²) in [6, 6.07) is 5.35. The molecule has 9 nitrogen and oxygen atoms in total. The number of fused-ring (bicyclic) bond motifs is 1. The van der Waals surface area contributed by atoms with Crippen molar-refractivity contribution in [3.8, 4) is 0 Å². The molecule has 0 radical (unpaired) electrons. The second kappa shape index (κ2) is 9.27. The Hall–Kier alpha value is -3.10. The fourth-order valence-electron chi connectivity index (χ4n) is 5.49. The van der Waals surface area contributed by atoms with Crippen molar-refractivity contribution in [1.29, 1.82) is 0 Å². The summed E-state index contributed by atoms with van der Waals surface area (Å²) in [7, 11) is 1.42. The second-order valence-electron chi connectivity index (χ2n) is 10.4. The Labute approximate surface area is 200 Å². The standard InChI is InChI=1S/C25H34N4O5/c1-25(2,3)29(24(33)34-4)16-10-8-15(9-11-16)26-19-7-5-6-17-18(19)14-28(23(17)32)20-12-13-21(30)27-22(20)31/h5-7,15-16,20,26H,8-14H2,1-4H3,(H,27,30,31). The number of anilines is 1. The molecule has 2 aliphatic heterocycles. The summed E-state index contributed by atoms with van der Waals surface area (Å²) in [6.45, 7) is 6.41. The minimum Gasteiger partial charge on any atom is -0.453 e. The van der Waals surface area contributed by atoms with Crippen molar-refractivity contribution in [3.63, 3.8) is 0 Å². The van der Waals surface area contributed by atoms with E-state index in [4.69, 9.17) is 4.74 Å². The van der Waals surface area contributed by atoms with Gasteiger partial charge in [-0.15, -0.1) is 0 Å². The summed E-state index contributed by atoms with van der Waals surface area (Å²) >= 11 is 0. The third kappa shape index (κ3) is 4.60. The maximum absolute atomic E-state index is 13.1. The molecule has 1 saturated carbocycles. The second-order valence-corrected chi connectivity index (χ2v) is 10.4. The van der Waals surface area contributed by atoms with Gasteiger partial charge < -0.3 is 19.9 Å². The Bertz CT molecular complexity index is 994. The van der Waals surface area contributed by atoms with E-state index >= 15 is 0 Å². The average Bonchev–Trinajstić information content (AvgIpc) is 3.11. The number of nitrogens with one attached hydrogen (secondary N) is 2. The van der Waals surface area contributed by atoms with E-state index < -0.39 is 11.9 Å². The summed E-state index contributed by atoms with van der Waals surface area (Å²) in [4.78, 5) is 52.7. The quantitative estimate of drug-likeness (QED) is 0.655. The van der Waals surface area contributed by atoms with Gasteiger partial charge in [-0.3, -0.25) is 19.7 Å². The smallest absolute Gasteiger partial charge is 0.410 e. The zero-order chi connectivity index (χ0) is 24.6. The van der Waals surface area contributed by atoms with Gasteiger partial charge in [0, 0.05) is 47.4 Å². The molecule has 1 aromatic rings. The fourth-order valence-corrected chi connectivity index (χ4v) is 5.49. The number of nitrogens with zero attached hydrogens (tertiary/aromatic N) is 2. The number of piperidine rings is 1. The van der Waals surface area contributed by atoms with E-state index in [-0.39, 0.29) is 42.0 Å². The lowest BCUT2D eigenvalue weighted by Crippen LogP contribution is -2.53. The number of ether oxygens (including phenoxy) is 1. The van der Waals surface area contributed by atoms with Crippen LogP contribution in [0.25, 0.3) is 0 Å². The molecule has 184 valence electrons. The van der Waals surface area contributed by atoms with Crippen molar-refractivity contribution in [1.82, 2.24) is 15.1 Å². The highest BCUT2D eigenvalue weighted by Crippen LogP contribution is 2.35. The molecule has 3 aliphatic rings. The summed E-state index contributed by atoms with van der Waals surface area (Å²) in [5.41, 5.74) is 2.08. The highest BCUT2D eigenvalue weighted by Gasteiger charge is 2.40. The van der Waals surface area contributed by atoms with Gasteiger partial charge in [-0.1, -0.05) is 6.07 Å². The van der Waals surface area contributed by atoms with Crippen molar-refractivity contribution < 1.29 is 23.9 Å². The molecule has 4 amide bonds. The van der Waals surface area contributed by atoms with Crippen molar-refractivity contribution in [2.24, 2.45) is 0 Å². The molecule has 2 heterocycles. The van der Waals surface area contributed by atoms with Gasteiger partial charge in [-0.2, -0.15) is 0 Å². The number of hydrogen-bond acceptors (Lipinski definition) is 6. The summed E-state index contributed by atoms with van der Waals surface area (Å²) < 4.78 is 5.04. The highest BCUT2D eigenvalue weighted by atomic mass is 16.5. The highest BCUT2D eigenvalue weighted by molar-refractivity contribution is 6.06. The van der Waals surface area contributed by atoms with E-state index in [0.717, 1.165) is 36.9 Å². The fraction of sp³-hybridized carbons (Fsp3) is 0.600. The lowest BCUT2D eigenvalue weighted by molar-refractivity contribution is -0.136. The predicted octanol–water partition coefficient (Wildman–Crippen LogP) is 3.04. The predicted molar refractivity (Wildman–Crippen MR) is 126 cm³/mol. The molecule has 9 heteroatoms. The minimum absolute atomic E-state index is 0.122. The summed E-state index contributed by atoms with van der Waals surface area (Å²) in [5, 5.41) is 5.96. The van der Waals surface area contributed by atoms with E-state index in [1.54, 1.807) is 11.0 Å². The molecule has 34 heavy (non-hydrogen) atoms. The molecule has 0 bridgehead atoms. The van der Waals surface area contributed by atoms with Crippen LogP contribution in [0.2, 0.25) is 0 Å². The topological polar surface area (TPSA) is 108 Å². The lowest BCUT2D eigenvalue weighted by Gasteiger charge is -2.43. The molecule has 1 aromatic carbocycles. The van der Waals surface area contributed by atoms with Crippen LogP contribution >= 0.6 is 0 Å². The van der Waals surface area contributed by atoms with Crippen molar-refractivity contribution in [2.45, 2.75) is 89.5 Å². The van der Waals surface area contributed by atoms with E-state index in [2.05, 4.69) is 10.6 Å². The molecular weight excluding hydrogens is 436 g/mol. The van der Waals surface area contributed by atoms with Crippen molar-refractivity contribution >= 4 is 29.5 Å². The number of imide groups is 1. The Balaban J connectivity index is 1.43. The number of hydrogen-bond donors (Lipinski definition) is 2. The number of amides is 4. The first-order valence-corrected chi connectivity index (χ1v) is 12.0. The van der Waals surface area contributed by atoms with Crippen LogP contribution in [-0.4, -0.2) is 64.4 Å². The van der Waals surface area contributed by atoms with Crippen LogP contribution in [0.1, 0.15) is 75.2 Å². The maximum atomic E-state index is 13.1. The van der Waals surface area contributed by atoms with Crippen LogP contribution in [-0.2, 0) is 20.9 Å². The monoisotopic (exact) mass is 470 g/mol. The molecular formula is C25H34N4O5. The van der Waals surface area contributed by atoms with Gasteiger partial charge in [-0.05, 0) is 65.0 Å². The molecule has 2 N–H and O–H groups in total. The van der Waals surface area contributed by atoms with Gasteiger partial charge in [0.05, 0.1) is 7.11 Å². The molecule has 0 aromatic heterocycles. The van der Waals surface area contributed by atoms with E-state index in [1.807, 2.05) is 37.8 Å². The number of rotatable bonds is 4. The van der Waals surface area contributed by atoms with Crippen LogP contribution in [0.15, 0.2) is 18.2 Å². The largest absolute Gasteiger partial charge is 0.453 e. The SMILES string of the molecule is COC(=O)N(C1CCC(Nc2cccc3c2CN(C2CCC(=O)NC2=O)C3=O)CC1)C(C)(C)C. The van der Waals surface area contributed by atoms with Gasteiger partial charge in [0.2, 0.25) is 11.8 Å². The first kappa shape index (κ1) is 24.0. The Morgan fingerprint density at radius 2 is 1.82 bits per heavy atom. The molecule has 1 saturated heterocycles. The van der Waals surface area contributed by atoms with Crippen LogP contribution in [0, 0.1) is 0 Å². The van der Waals surface area contributed by atoms with Crippen LogP contribution in [0.4, 0.5) is 10.5 Å². The Morgan fingerprint density at radius 3 is 2.44 bits per heavy atom. The van der Waals surface area contributed by atoms with Gasteiger partial charge in [0.1, 0.15) is 6.04 Å². The maximum Gasteiger partial charge on any atom is 0.410 e. The first-order chi connectivity index (χ1) is 16.1. The average molecular weight is 471 g/mol. The Kier molecular flexibility index (Phi) is 6.55. The van der Waals surface area contributed by atoms with Crippen LogP contribution in [0.3, 0.4) is 0 Å². The van der Waals surface area contributed by atoms with Gasteiger partial charge in [0.15, 0.2) is 0 Å². The number of carbonyl (C=O) groups excluding carboxylic acids is 4. The number of methoxy groups -OCH3 is 1. The first-order valence-electron chi connectivity index (χ1n) is 12.0. The van der Waals surface area contributed by atoms with Gasteiger partial charge in [-0.25, -0.2) is 4.79 Å². The van der Waals surface area contributed by atoms with Crippen molar-refractivity contribution in [2.75, 3.05) is 12.4 Å². The van der Waals surface area contributed by atoms with Crippen LogP contribution in [0.5, 0.6) is 0 Å². The molecule has 1 unspecified atom stereocenters.